The lowest BCUT2D eigenvalue weighted by molar-refractivity contribution is -0.185. The molecule has 1 amide bonds. The van der Waals surface area contributed by atoms with Crippen LogP contribution in [0.1, 0.15) is 19.3 Å². The number of alkyl halides is 3. The summed E-state index contributed by atoms with van der Waals surface area (Å²) in [4.78, 5) is 23.6. The number of carbonyl (C=O) groups is 2. The zero-order chi connectivity index (χ0) is 15.3. The van der Waals surface area contributed by atoms with Crippen molar-refractivity contribution in [2.24, 2.45) is 5.41 Å². The summed E-state index contributed by atoms with van der Waals surface area (Å²) in [7, 11) is 0. The highest BCUT2D eigenvalue weighted by Crippen LogP contribution is 2.49. The van der Waals surface area contributed by atoms with Crippen molar-refractivity contribution in [1.82, 2.24) is 4.90 Å². The van der Waals surface area contributed by atoms with Crippen molar-refractivity contribution in [2.45, 2.75) is 25.4 Å². The summed E-state index contributed by atoms with van der Waals surface area (Å²) in [5.74, 6) is -1.90. The topological polar surface area (TPSA) is 37.4 Å². The summed E-state index contributed by atoms with van der Waals surface area (Å²) in [5.41, 5.74) is 1.48. The Morgan fingerprint density at radius 1 is 1.19 bits per heavy atom. The predicted molar refractivity (Wildman–Crippen MR) is 69.2 cm³/mol. The SMILES string of the molecule is O=C1C=CC2(C=C1)CCN(C(=O)C(F)(F)F)CC1=C2CC1. The minimum Gasteiger partial charge on any atom is -0.331 e. The molecule has 3 nitrogen and oxygen atoms in total. The second kappa shape index (κ2) is 4.58. The fourth-order valence-electron chi connectivity index (χ4n) is 3.24. The van der Waals surface area contributed by atoms with Crippen LogP contribution in [0.15, 0.2) is 35.5 Å². The standard InChI is InChI=1S/C15H14F3NO2/c16-15(17,18)13(21)19-8-7-14(5-3-11(20)4-6-14)12-2-1-10(12)9-19/h3-6H,1-2,7-9H2. The maximum atomic E-state index is 12.6. The molecule has 0 saturated heterocycles. The van der Waals surface area contributed by atoms with Crippen LogP contribution in [0.4, 0.5) is 13.2 Å². The van der Waals surface area contributed by atoms with Crippen LogP contribution in [-0.2, 0) is 9.59 Å². The van der Waals surface area contributed by atoms with E-state index >= 15 is 0 Å². The lowest BCUT2D eigenvalue weighted by Crippen LogP contribution is -2.42. The van der Waals surface area contributed by atoms with E-state index in [1.54, 1.807) is 12.2 Å². The number of nitrogens with zero attached hydrogens (tertiary/aromatic N) is 1. The van der Waals surface area contributed by atoms with E-state index in [2.05, 4.69) is 0 Å². The molecule has 0 atom stereocenters. The molecule has 0 unspecified atom stereocenters. The molecule has 0 aromatic rings. The van der Waals surface area contributed by atoms with E-state index in [4.69, 9.17) is 0 Å². The van der Waals surface area contributed by atoms with Gasteiger partial charge >= 0.3 is 12.1 Å². The van der Waals surface area contributed by atoms with E-state index in [1.807, 2.05) is 0 Å². The van der Waals surface area contributed by atoms with Crippen LogP contribution >= 0.6 is 0 Å². The van der Waals surface area contributed by atoms with Crippen LogP contribution in [0.3, 0.4) is 0 Å². The Labute approximate surface area is 119 Å². The number of amides is 1. The minimum atomic E-state index is -4.84. The molecule has 3 aliphatic rings. The summed E-state index contributed by atoms with van der Waals surface area (Å²) >= 11 is 0. The third-order valence-electron chi connectivity index (χ3n) is 4.46. The number of allylic oxidation sites excluding steroid dienone is 5. The van der Waals surface area contributed by atoms with Gasteiger partial charge in [0.25, 0.3) is 0 Å². The Bertz CT molecular complexity index is 583. The molecule has 3 rings (SSSR count). The molecule has 1 spiro atoms. The number of carbonyl (C=O) groups excluding carboxylic acids is 2. The van der Waals surface area contributed by atoms with Gasteiger partial charge < -0.3 is 4.90 Å². The van der Waals surface area contributed by atoms with Crippen molar-refractivity contribution in [3.05, 3.63) is 35.5 Å². The molecule has 0 aromatic heterocycles. The second-order valence-electron chi connectivity index (χ2n) is 5.67. The average molecular weight is 297 g/mol. The van der Waals surface area contributed by atoms with Gasteiger partial charge in [0.1, 0.15) is 0 Å². The van der Waals surface area contributed by atoms with Gasteiger partial charge in [0.05, 0.1) is 0 Å². The van der Waals surface area contributed by atoms with E-state index < -0.39 is 17.5 Å². The molecule has 0 saturated carbocycles. The molecule has 112 valence electrons. The van der Waals surface area contributed by atoms with Gasteiger partial charge in [-0.15, -0.1) is 0 Å². The average Bonchev–Trinajstić information content (AvgIpc) is 2.48. The highest BCUT2D eigenvalue weighted by molar-refractivity contribution is 6.00. The van der Waals surface area contributed by atoms with Crippen LogP contribution in [0.2, 0.25) is 0 Å². The molecular formula is C15H14F3NO2. The van der Waals surface area contributed by atoms with Crippen molar-refractivity contribution in [3.63, 3.8) is 0 Å². The van der Waals surface area contributed by atoms with Crippen LogP contribution < -0.4 is 0 Å². The van der Waals surface area contributed by atoms with E-state index in [1.165, 1.54) is 12.2 Å². The van der Waals surface area contributed by atoms with Gasteiger partial charge in [-0.3, -0.25) is 9.59 Å². The van der Waals surface area contributed by atoms with Gasteiger partial charge in [0.15, 0.2) is 5.78 Å². The van der Waals surface area contributed by atoms with Gasteiger partial charge in [0, 0.05) is 18.5 Å². The number of halogens is 3. The lowest BCUT2D eigenvalue weighted by Gasteiger charge is -2.37. The fraction of sp³-hybridized carbons (Fsp3) is 0.467. The van der Waals surface area contributed by atoms with Crippen molar-refractivity contribution in [3.8, 4) is 0 Å². The largest absolute Gasteiger partial charge is 0.471 e. The molecule has 21 heavy (non-hydrogen) atoms. The molecule has 0 aromatic carbocycles. The normalized spacial score (nSPS) is 24.0. The molecule has 0 radical (unpaired) electrons. The van der Waals surface area contributed by atoms with Gasteiger partial charge in [0.2, 0.25) is 0 Å². The molecule has 0 bridgehead atoms. The monoisotopic (exact) mass is 297 g/mol. The Kier molecular flexibility index (Phi) is 3.07. The van der Waals surface area contributed by atoms with Crippen LogP contribution in [0.5, 0.6) is 0 Å². The summed E-state index contributed by atoms with van der Waals surface area (Å²) in [6.45, 7) is 0.0826. The molecule has 0 fully saturated rings. The van der Waals surface area contributed by atoms with Crippen molar-refractivity contribution < 1.29 is 22.8 Å². The maximum Gasteiger partial charge on any atom is 0.471 e. The Morgan fingerprint density at radius 3 is 2.38 bits per heavy atom. The fourth-order valence-corrected chi connectivity index (χ4v) is 3.24. The molecule has 2 aliphatic carbocycles. The first-order chi connectivity index (χ1) is 9.82. The van der Waals surface area contributed by atoms with Gasteiger partial charge in [-0.1, -0.05) is 23.3 Å². The first-order valence-electron chi connectivity index (χ1n) is 6.82. The highest BCUT2D eigenvalue weighted by atomic mass is 19.4. The van der Waals surface area contributed by atoms with Crippen LogP contribution in [-0.4, -0.2) is 35.9 Å². The first-order valence-corrected chi connectivity index (χ1v) is 6.82. The van der Waals surface area contributed by atoms with Gasteiger partial charge in [-0.2, -0.15) is 13.2 Å². The minimum absolute atomic E-state index is 0.0359. The van der Waals surface area contributed by atoms with Crippen molar-refractivity contribution in [1.29, 1.82) is 0 Å². The van der Waals surface area contributed by atoms with Crippen LogP contribution in [0.25, 0.3) is 0 Å². The van der Waals surface area contributed by atoms with Gasteiger partial charge in [-0.25, -0.2) is 0 Å². The zero-order valence-electron chi connectivity index (χ0n) is 11.2. The summed E-state index contributed by atoms with van der Waals surface area (Å²) in [6, 6.07) is 0. The quantitative estimate of drug-likeness (QED) is 0.644. The summed E-state index contributed by atoms with van der Waals surface area (Å²) < 4.78 is 37.8. The number of hydrogen-bond acceptors (Lipinski definition) is 2. The van der Waals surface area contributed by atoms with E-state index in [9.17, 15) is 22.8 Å². The smallest absolute Gasteiger partial charge is 0.331 e. The Hall–Kier alpha value is -1.85. The highest BCUT2D eigenvalue weighted by Gasteiger charge is 2.46. The van der Waals surface area contributed by atoms with E-state index in [0.717, 1.165) is 22.5 Å². The maximum absolute atomic E-state index is 12.6. The molecule has 1 heterocycles. The zero-order valence-corrected chi connectivity index (χ0v) is 11.2. The summed E-state index contributed by atoms with van der Waals surface area (Å²) in [6.07, 6.45) is 3.54. The predicted octanol–water partition coefficient (Wildman–Crippen LogP) is 2.55. The second-order valence-corrected chi connectivity index (χ2v) is 5.67. The van der Waals surface area contributed by atoms with Crippen molar-refractivity contribution >= 4 is 11.7 Å². The van der Waals surface area contributed by atoms with E-state index in [-0.39, 0.29) is 18.9 Å². The summed E-state index contributed by atoms with van der Waals surface area (Å²) in [5, 5.41) is 0. The third kappa shape index (κ3) is 2.32. The van der Waals surface area contributed by atoms with Crippen molar-refractivity contribution in [2.75, 3.05) is 13.1 Å². The molecule has 0 N–H and O–H groups in total. The number of ketones is 1. The van der Waals surface area contributed by atoms with Crippen LogP contribution in [0, 0.1) is 5.41 Å². The third-order valence-corrected chi connectivity index (χ3v) is 4.46. The molecular weight excluding hydrogens is 283 g/mol. The molecule has 1 aliphatic heterocycles. The van der Waals surface area contributed by atoms with E-state index in [0.29, 0.717) is 12.8 Å². The number of hydrogen-bond donors (Lipinski definition) is 0. The first kappa shape index (κ1) is 14.1. The Balaban J connectivity index is 1.90. The number of rotatable bonds is 0. The molecule has 6 heteroatoms. The Morgan fingerprint density at radius 2 is 1.86 bits per heavy atom. The van der Waals surface area contributed by atoms with Gasteiger partial charge in [-0.05, 0) is 31.4 Å². The lowest BCUT2D eigenvalue weighted by atomic mass is 9.67. The number of fused-ring (bicyclic) bond motifs is 1.